The van der Waals surface area contributed by atoms with Gasteiger partial charge in [0.1, 0.15) is 0 Å². The zero-order valence-corrected chi connectivity index (χ0v) is 10.6. The van der Waals surface area contributed by atoms with Crippen molar-refractivity contribution in [2.75, 3.05) is 25.6 Å². The molecule has 0 saturated heterocycles. The molecule has 0 aliphatic rings. The standard InChI is InChI=1S/C12H15N3O4/c1-18-8-3-2-7-13-12-14-11-9(15(16)17)5-4-6-10(11)19-12/h4-6H,2-3,7-8H2,1H3,(H,13,14). The number of nitrogens with one attached hydrogen (secondary N) is 1. The van der Waals surface area contributed by atoms with E-state index < -0.39 is 4.92 Å². The first kappa shape index (κ1) is 13.3. The first-order valence-corrected chi connectivity index (χ1v) is 5.99. The summed E-state index contributed by atoms with van der Waals surface area (Å²) < 4.78 is 10.3. The third kappa shape index (κ3) is 3.19. The molecule has 1 heterocycles. The molecule has 0 atom stereocenters. The molecule has 0 radical (unpaired) electrons. The number of benzene rings is 1. The molecule has 0 aliphatic carbocycles. The Labute approximate surface area is 109 Å². The van der Waals surface area contributed by atoms with Gasteiger partial charge in [0.05, 0.1) is 4.92 Å². The van der Waals surface area contributed by atoms with Crippen molar-refractivity contribution in [1.29, 1.82) is 0 Å². The number of hydrogen-bond donors (Lipinski definition) is 1. The van der Waals surface area contributed by atoms with Crippen LogP contribution in [-0.2, 0) is 4.74 Å². The molecule has 1 aromatic heterocycles. The van der Waals surface area contributed by atoms with Crippen LogP contribution in [-0.4, -0.2) is 30.2 Å². The van der Waals surface area contributed by atoms with Gasteiger partial charge in [-0.15, -0.1) is 0 Å². The summed E-state index contributed by atoms with van der Waals surface area (Å²) >= 11 is 0. The number of non-ortho nitro benzene ring substituents is 1. The number of para-hydroxylation sites is 1. The van der Waals surface area contributed by atoms with Crippen LogP contribution in [0.1, 0.15) is 12.8 Å². The van der Waals surface area contributed by atoms with Gasteiger partial charge in [-0.05, 0) is 18.9 Å². The third-order valence-electron chi connectivity index (χ3n) is 2.65. The van der Waals surface area contributed by atoms with Crippen molar-refractivity contribution in [3.63, 3.8) is 0 Å². The Morgan fingerprint density at radius 2 is 2.32 bits per heavy atom. The summed E-state index contributed by atoms with van der Waals surface area (Å²) in [6, 6.07) is 4.95. The Balaban J connectivity index is 2.05. The number of rotatable bonds is 7. The van der Waals surface area contributed by atoms with Gasteiger partial charge in [0.15, 0.2) is 11.1 Å². The van der Waals surface area contributed by atoms with E-state index in [4.69, 9.17) is 9.15 Å². The molecule has 0 amide bonds. The molecule has 0 saturated carbocycles. The maximum absolute atomic E-state index is 10.8. The second-order valence-corrected chi connectivity index (χ2v) is 4.03. The highest BCUT2D eigenvalue weighted by molar-refractivity contribution is 5.83. The van der Waals surface area contributed by atoms with Crippen LogP contribution in [0.2, 0.25) is 0 Å². The Morgan fingerprint density at radius 3 is 3.05 bits per heavy atom. The van der Waals surface area contributed by atoms with Crippen LogP contribution in [0.3, 0.4) is 0 Å². The van der Waals surface area contributed by atoms with E-state index in [0.717, 1.165) is 12.8 Å². The van der Waals surface area contributed by atoms with Crippen LogP contribution >= 0.6 is 0 Å². The van der Waals surface area contributed by atoms with Crippen molar-refractivity contribution in [3.05, 3.63) is 28.3 Å². The number of unbranched alkanes of at least 4 members (excludes halogenated alkanes) is 1. The largest absolute Gasteiger partial charge is 0.423 e. The highest BCUT2D eigenvalue weighted by Crippen LogP contribution is 2.27. The van der Waals surface area contributed by atoms with Gasteiger partial charge in [0.25, 0.3) is 11.7 Å². The number of fused-ring (bicyclic) bond motifs is 1. The molecule has 1 N–H and O–H groups in total. The van der Waals surface area contributed by atoms with Crippen LogP contribution in [0.5, 0.6) is 0 Å². The van der Waals surface area contributed by atoms with Gasteiger partial charge in [-0.1, -0.05) is 6.07 Å². The van der Waals surface area contributed by atoms with Crippen LogP contribution < -0.4 is 5.32 Å². The molecular weight excluding hydrogens is 250 g/mol. The summed E-state index contributed by atoms with van der Waals surface area (Å²) in [4.78, 5) is 14.5. The van der Waals surface area contributed by atoms with Gasteiger partial charge in [-0.3, -0.25) is 10.1 Å². The van der Waals surface area contributed by atoms with Gasteiger partial charge < -0.3 is 14.5 Å². The Morgan fingerprint density at radius 1 is 1.47 bits per heavy atom. The molecule has 0 bridgehead atoms. The third-order valence-corrected chi connectivity index (χ3v) is 2.65. The van der Waals surface area contributed by atoms with Crippen molar-refractivity contribution in [3.8, 4) is 0 Å². The number of anilines is 1. The molecule has 0 fully saturated rings. The molecule has 7 nitrogen and oxygen atoms in total. The lowest BCUT2D eigenvalue weighted by molar-refractivity contribution is -0.383. The second kappa shape index (κ2) is 6.14. The number of ether oxygens (including phenoxy) is 1. The molecule has 102 valence electrons. The first-order valence-electron chi connectivity index (χ1n) is 5.99. The summed E-state index contributed by atoms with van der Waals surface area (Å²) in [6.45, 7) is 1.39. The molecule has 7 heteroatoms. The second-order valence-electron chi connectivity index (χ2n) is 4.03. The lowest BCUT2D eigenvalue weighted by atomic mass is 10.3. The van der Waals surface area contributed by atoms with Crippen LogP contribution in [0.4, 0.5) is 11.7 Å². The summed E-state index contributed by atoms with van der Waals surface area (Å²) in [5.74, 6) is 0. The van der Waals surface area contributed by atoms with Crippen molar-refractivity contribution >= 4 is 22.8 Å². The molecule has 0 aliphatic heterocycles. The van der Waals surface area contributed by atoms with E-state index in [1.54, 1.807) is 19.2 Å². The monoisotopic (exact) mass is 265 g/mol. The zero-order valence-electron chi connectivity index (χ0n) is 10.6. The molecule has 0 spiro atoms. The van der Waals surface area contributed by atoms with Gasteiger partial charge in [0, 0.05) is 26.3 Å². The van der Waals surface area contributed by atoms with Gasteiger partial charge in [-0.25, -0.2) is 0 Å². The molecule has 1 aromatic carbocycles. The Kier molecular flexibility index (Phi) is 4.30. The zero-order chi connectivity index (χ0) is 13.7. The fraction of sp³-hybridized carbons (Fsp3) is 0.417. The minimum atomic E-state index is -0.465. The molecule has 2 aromatic rings. The van der Waals surface area contributed by atoms with Crippen LogP contribution in [0.25, 0.3) is 11.1 Å². The van der Waals surface area contributed by atoms with E-state index in [1.807, 2.05) is 0 Å². The van der Waals surface area contributed by atoms with Crippen molar-refractivity contribution in [2.45, 2.75) is 12.8 Å². The number of nitrogens with zero attached hydrogens (tertiary/aromatic N) is 2. The predicted octanol–water partition coefficient (Wildman–Crippen LogP) is 2.57. The van der Waals surface area contributed by atoms with Crippen LogP contribution in [0.15, 0.2) is 22.6 Å². The number of methoxy groups -OCH3 is 1. The van der Waals surface area contributed by atoms with Crippen molar-refractivity contribution in [1.82, 2.24) is 4.98 Å². The van der Waals surface area contributed by atoms with Gasteiger partial charge in [0.2, 0.25) is 0 Å². The molecule has 0 unspecified atom stereocenters. The number of aromatic nitrogens is 1. The summed E-state index contributed by atoms with van der Waals surface area (Å²) in [7, 11) is 1.66. The smallest absolute Gasteiger partial charge is 0.298 e. The molecular formula is C12H15N3O4. The highest BCUT2D eigenvalue weighted by atomic mass is 16.6. The SMILES string of the molecule is COCCCCNc1nc2c([N+](=O)[O-])cccc2o1. The number of oxazole rings is 1. The minimum absolute atomic E-state index is 0.0475. The maximum atomic E-state index is 10.8. The average molecular weight is 265 g/mol. The van der Waals surface area contributed by atoms with Gasteiger partial charge >= 0.3 is 0 Å². The first-order chi connectivity index (χ1) is 9.22. The fourth-order valence-corrected chi connectivity index (χ4v) is 1.72. The van der Waals surface area contributed by atoms with E-state index in [-0.39, 0.29) is 11.2 Å². The average Bonchev–Trinajstić information content (AvgIpc) is 2.80. The van der Waals surface area contributed by atoms with E-state index in [2.05, 4.69) is 10.3 Å². The summed E-state index contributed by atoms with van der Waals surface area (Å²) in [5.41, 5.74) is 0.633. The minimum Gasteiger partial charge on any atom is -0.423 e. The fourth-order valence-electron chi connectivity index (χ4n) is 1.72. The highest BCUT2D eigenvalue weighted by Gasteiger charge is 2.16. The molecule has 19 heavy (non-hydrogen) atoms. The van der Waals surface area contributed by atoms with Crippen LogP contribution in [0, 0.1) is 10.1 Å². The maximum Gasteiger partial charge on any atom is 0.298 e. The normalized spacial score (nSPS) is 10.8. The topological polar surface area (TPSA) is 90.4 Å². The van der Waals surface area contributed by atoms with E-state index in [0.29, 0.717) is 24.7 Å². The van der Waals surface area contributed by atoms with E-state index in [1.165, 1.54) is 6.07 Å². The number of nitro groups is 1. The quantitative estimate of drug-likeness (QED) is 0.470. The Bertz CT molecular complexity index is 567. The van der Waals surface area contributed by atoms with Crippen molar-refractivity contribution < 1.29 is 14.1 Å². The van der Waals surface area contributed by atoms with Gasteiger partial charge in [-0.2, -0.15) is 4.98 Å². The predicted molar refractivity (Wildman–Crippen MR) is 70.3 cm³/mol. The Hall–Kier alpha value is -2.15. The number of nitro benzene ring substituents is 1. The van der Waals surface area contributed by atoms with E-state index in [9.17, 15) is 10.1 Å². The molecule has 2 rings (SSSR count). The summed E-state index contributed by atoms with van der Waals surface area (Å²) in [5, 5.41) is 13.8. The lowest BCUT2D eigenvalue weighted by Crippen LogP contribution is -2.03. The summed E-state index contributed by atoms with van der Waals surface area (Å²) in [6.07, 6.45) is 1.85. The van der Waals surface area contributed by atoms with E-state index >= 15 is 0 Å². The lowest BCUT2D eigenvalue weighted by Gasteiger charge is -2.00. The van der Waals surface area contributed by atoms with Crippen molar-refractivity contribution in [2.24, 2.45) is 0 Å². The number of hydrogen-bond acceptors (Lipinski definition) is 6.